The molecule has 0 saturated carbocycles. The quantitative estimate of drug-likeness (QED) is 0.0361. The fourth-order valence-electron chi connectivity index (χ4n) is 15.5. The van der Waals surface area contributed by atoms with Crippen molar-refractivity contribution in [2.45, 2.75) is 239 Å². The highest BCUT2D eigenvalue weighted by Gasteiger charge is 2.45. The molecule has 0 bridgehead atoms. The van der Waals surface area contributed by atoms with Gasteiger partial charge in [0.15, 0.2) is 0 Å². The van der Waals surface area contributed by atoms with Crippen LogP contribution in [0.1, 0.15) is 252 Å². The van der Waals surface area contributed by atoms with Crippen LogP contribution in [0.15, 0.2) is 176 Å². The second-order valence-electron chi connectivity index (χ2n) is 27.2. The summed E-state index contributed by atoms with van der Waals surface area (Å²) in [6.45, 7) is 20.2. The van der Waals surface area contributed by atoms with E-state index in [1.807, 2.05) is 0 Å². The zero-order chi connectivity index (χ0) is 62.0. The molecule has 0 fully saturated rings. The van der Waals surface area contributed by atoms with E-state index in [2.05, 4.69) is 241 Å². The molecule has 2 aliphatic rings. The molecule has 89 heavy (non-hydrogen) atoms. The lowest BCUT2D eigenvalue weighted by Crippen LogP contribution is -2.26. The normalized spacial score (nSPS) is 13.2. The van der Waals surface area contributed by atoms with E-state index >= 15 is 0 Å². The first-order valence-corrected chi connectivity index (χ1v) is 35.8. The molecule has 466 valence electrons. The SMILES string of the molecule is C=Cc1ccc2c(c1)C(CCCCCCCC)(CCCCCCCC)c1cc(-c3ccc(N(c4ccc(C)cc4)c4ccc5c(c4)C(CCCCCCCC)(CCCCCCCC)c4cc(N(c6ccc(C)cc6)c6ccc(C)cc6)ccc4-5)cc3)ccc1-2. The van der Waals surface area contributed by atoms with Crippen molar-refractivity contribution in [3.8, 4) is 33.4 Å². The summed E-state index contributed by atoms with van der Waals surface area (Å²) in [5, 5.41) is 0. The van der Waals surface area contributed by atoms with E-state index < -0.39 is 0 Å². The third-order valence-electron chi connectivity index (χ3n) is 20.6. The molecule has 0 unspecified atom stereocenters. The standard InChI is InChI=1S/C87H108N2/c1-9-14-18-22-26-30-58-86(59-31-27-23-19-15-10-2)82-62-69(13-5)40-54-78(82)79-55-43-71(63-83(79)86)70-41-50-75(51-42-70)89(74-48-38-68(8)39-49-74)77-53-57-81-80-56-52-76(88(72-44-34-66(6)35-45-72)73-46-36-67(7)37-47-73)64-84(80)87(85(81)65-77,60-32-28-24-20-16-11-3)61-33-29-25-21-17-12-4/h13,34-57,62-65H,5,9-12,14-33,58-61H2,1-4,6-8H3. The monoisotopic (exact) mass is 1180 g/mol. The smallest absolute Gasteiger partial charge is 0.0465 e. The Morgan fingerprint density at radius 2 is 0.551 bits per heavy atom. The Morgan fingerprint density at radius 1 is 0.281 bits per heavy atom. The summed E-state index contributed by atoms with van der Waals surface area (Å²) in [6, 6.07) is 67.0. The van der Waals surface area contributed by atoms with Crippen LogP contribution in [-0.2, 0) is 10.8 Å². The van der Waals surface area contributed by atoms with Gasteiger partial charge in [-0.3, -0.25) is 0 Å². The molecule has 2 aliphatic carbocycles. The average molecular weight is 1180 g/mol. The zero-order valence-electron chi connectivity index (χ0n) is 56.1. The number of aryl methyl sites for hydroxylation is 3. The largest absolute Gasteiger partial charge is 0.310 e. The van der Waals surface area contributed by atoms with Gasteiger partial charge in [-0.2, -0.15) is 0 Å². The van der Waals surface area contributed by atoms with Gasteiger partial charge in [0.05, 0.1) is 0 Å². The molecule has 10 rings (SSSR count). The number of anilines is 6. The number of fused-ring (bicyclic) bond motifs is 6. The first-order valence-electron chi connectivity index (χ1n) is 35.8. The number of benzene rings is 8. The molecule has 0 amide bonds. The summed E-state index contributed by atoms with van der Waals surface area (Å²) in [5.74, 6) is 0. The van der Waals surface area contributed by atoms with Crippen LogP contribution in [0.3, 0.4) is 0 Å². The molecule has 0 radical (unpaired) electrons. The van der Waals surface area contributed by atoms with Crippen molar-refractivity contribution in [2.24, 2.45) is 0 Å². The molecule has 0 saturated heterocycles. The van der Waals surface area contributed by atoms with E-state index in [1.165, 1.54) is 268 Å². The van der Waals surface area contributed by atoms with Crippen molar-refractivity contribution in [3.63, 3.8) is 0 Å². The Hall–Kier alpha value is -6.90. The lowest BCUT2D eigenvalue weighted by molar-refractivity contribution is 0.398. The van der Waals surface area contributed by atoms with Crippen LogP contribution in [0.2, 0.25) is 0 Å². The fourth-order valence-corrected chi connectivity index (χ4v) is 15.5. The van der Waals surface area contributed by atoms with E-state index in [0.29, 0.717) is 0 Å². The van der Waals surface area contributed by atoms with Gasteiger partial charge >= 0.3 is 0 Å². The topological polar surface area (TPSA) is 6.48 Å². The minimum Gasteiger partial charge on any atom is -0.310 e. The molecule has 0 aliphatic heterocycles. The van der Waals surface area contributed by atoms with Gasteiger partial charge < -0.3 is 9.80 Å². The van der Waals surface area contributed by atoms with Crippen LogP contribution in [0.25, 0.3) is 39.5 Å². The van der Waals surface area contributed by atoms with Crippen LogP contribution in [-0.4, -0.2) is 0 Å². The number of unbranched alkanes of at least 4 members (excludes halogenated alkanes) is 20. The highest BCUT2D eigenvalue weighted by Crippen LogP contribution is 2.58. The molecule has 2 nitrogen and oxygen atoms in total. The summed E-state index contributed by atoms with van der Waals surface area (Å²) in [6.07, 6.45) is 38.0. The first kappa shape index (κ1) is 65.1. The Labute approximate surface area is 540 Å². The minimum absolute atomic E-state index is 0.00686. The van der Waals surface area contributed by atoms with Crippen molar-refractivity contribution in [1.82, 2.24) is 0 Å². The van der Waals surface area contributed by atoms with Gasteiger partial charge in [-0.05, 0) is 187 Å². The van der Waals surface area contributed by atoms with E-state index in [9.17, 15) is 0 Å². The van der Waals surface area contributed by atoms with Gasteiger partial charge in [-0.1, -0.05) is 302 Å². The minimum atomic E-state index is -0.138. The Kier molecular flexibility index (Phi) is 23.2. The number of rotatable bonds is 36. The maximum atomic E-state index is 4.27. The van der Waals surface area contributed by atoms with Gasteiger partial charge in [-0.15, -0.1) is 0 Å². The van der Waals surface area contributed by atoms with Gasteiger partial charge in [0.25, 0.3) is 0 Å². The average Bonchev–Trinajstić information content (AvgIpc) is 1.63. The van der Waals surface area contributed by atoms with Crippen molar-refractivity contribution in [1.29, 1.82) is 0 Å². The fraction of sp³-hybridized carbons (Fsp3) is 0.425. The molecule has 0 N–H and O–H groups in total. The van der Waals surface area contributed by atoms with Crippen molar-refractivity contribution in [2.75, 3.05) is 9.80 Å². The summed E-state index contributed by atoms with van der Waals surface area (Å²) < 4.78 is 0. The summed E-state index contributed by atoms with van der Waals surface area (Å²) >= 11 is 0. The highest BCUT2D eigenvalue weighted by molar-refractivity contribution is 5.90. The van der Waals surface area contributed by atoms with Gasteiger partial charge in [-0.25, -0.2) is 0 Å². The molecule has 0 heterocycles. The predicted octanol–water partition coefficient (Wildman–Crippen LogP) is 27.4. The Bertz CT molecular complexity index is 3430. The van der Waals surface area contributed by atoms with Crippen LogP contribution >= 0.6 is 0 Å². The van der Waals surface area contributed by atoms with Gasteiger partial charge in [0.2, 0.25) is 0 Å². The van der Waals surface area contributed by atoms with E-state index in [0.717, 1.165) is 12.8 Å². The molecule has 8 aromatic carbocycles. The lowest BCUT2D eigenvalue weighted by Gasteiger charge is -2.35. The summed E-state index contributed by atoms with van der Waals surface area (Å²) in [4.78, 5) is 5.05. The number of hydrogen-bond donors (Lipinski definition) is 0. The lowest BCUT2D eigenvalue weighted by atomic mass is 9.70. The first-order chi connectivity index (χ1) is 43.6. The van der Waals surface area contributed by atoms with Crippen molar-refractivity contribution < 1.29 is 0 Å². The van der Waals surface area contributed by atoms with Gasteiger partial charge in [0.1, 0.15) is 0 Å². The van der Waals surface area contributed by atoms with Crippen molar-refractivity contribution in [3.05, 3.63) is 221 Å². The third-order valence-corrected chi connectivity index (χ3v) is 20.6. The van der Waals surface area contributed by atoms with Crippen LogP contribution < -0.4 is 9.80 Å². The molecule has 2 heteroatoms. The second kappa shape index (κ2) is 31.7. The van der Waals surface area contributed by atoms with Crippen molar-refractivity contribution >= 4 is 40.2 Å². The van der Waals surface area contributed by atoms with Crippen LogP contribution in [0.4, 0.5) is 34.1 Å². The molecule has 8 aromatic rings. The number of nitrogens with zero attached hydrogens (tertiary/aromatic N) is 2. The molecular formula is C87H108N2. The maximum absolute atomic E-state index is 4.27. The van der Waals surface area contributed by atoms with Crippen LogP contribution in [0.5, 0.6) is 0 Å². The summed E-state index contributed by atoms with van der Waals surface area (Å²) in [5.41, 5.74) is 26.5. The third kappa shape index (κ3) is 15.1. The molecular weight excluding hydrogens is 1070 g/mol. The van der Waals surface area contributed by atoms with Gasteiger partial charge in [0, 0.05) is 45.0 Å². The Balaban J connectivity index is 1.06. The maximum Gasteiger partial charge on any atom is 0.0465 e. The van der Waals surface area contributed by atoms with E-state index in [-0.39, 0.29) is 10.8 Å². The molecule has 0 atom stereocenters. The second-order valence-corrected chi connectivity index (χ2v) is 27.2. The van der Waals surface area contributed by atoms with E-state index in [1.54, 1.807) is 11.1 Å². The zero-order valence-corrected chi connectivity index (χ0v) is 56.1. The molecule has 0 aromatic heterocycles. The Morgan fingerprint density at radius 3 is 0.899 bits per heavy atom. The van der Waals surface area contributed by atoms with Crippen LogP contribution in [0, 0.1) is 20.8 Å². The highest BCUT2D eigenvalue weighted by atomic mass is 15.1. The summed E-state index contributed by atoms with van der Waals surface area (Å²) in [7, 11) is 0. The number of hydrogen-bond acceptors (Lipinski definition) is 2. The predicted molar refractivity (Wildman–Crippen MR) is 390 cm³/mol. The van der Waals surface area contributed by atoms with E-state index in [4.69, 9.17) is 0 Å². The molecule has 0 spiro atoms.